The van der Waals surface area contributed by atoms with Crippen molar-refractivity contribution in [3.05, 3.63) is 35.9 Å². The van der Waals surface area contributed by atoms with Gasteiger partial charge in [-0.2, -0.15) is 0 Å². The van der Waals surface area contributed by atoms with Crippen molar-refractivity contribution in [2.24, 2.45) is 0 Å². The monoisotopic (exact) mass is 321 g/mol. The molecule has 23 heavy (non-hydrogen) atoms. The number of ether oxygens (including phenoxy) is 2. The van der Waals surface area contributed by atoms with Crippen LogP contribution in [-0.4, -0.2) is 46.4 Å². The first-order valence-electron chi connectivity index (χ1n) is 7.64. The van der Waals surface area contributed by atoms with Crippen LogP contribution in [-0.2, 0) is 20.9 Å². The highest BCUT2D eigenvalue weighted by Crippen LogP contribution is 2.25. The van der Waals surface area contributed by atoms with Crippen molar-refractivity contribution in [1.29, 1.82) is 0 Å². The summed E-state index contributed by atoms with van der Waals surface area (Å²) in [5.74, 6) is -1.04. The molecule has 1 fully saturated rings. The van der Waals surface area contributed by atoms with Gasteiger partial charge in [0.25, 0.3) is 0 Å². The van der Waals surface area contributed by atoms with E-state index >= 15 is 0 Å². The van der Waals surface area contributed by atoms with Crippen LogP contribution in [0.3, 0.4) is 0 Å². The fourth-order valence-corrected chi connectivity index (χ4v) is 2.62. The molecule has 6 nitrogen and oxygen atoms in total. The Morgan fingerprint density at radius 2 is 1.91 bits per heavy atom. The first kappa shape index (κ1) is 17.3. The Morgan fingerprint density at radius 1 is 1.26 bits per heavy atom. The molecule has 1 aromatic rings. The maximum absolute atomic E-state index is 12.2. The standard InChI is InChI=1S/C17H23NO5/c1-17(2,3)23-13-9-14(15(19)20)18(10-13)16(21)22-11-12-7-5-4-6-8-12/h4-8,13-14H,9-11H2,1-3H3,(H,19,20). The van der Waals surface area contributed by atoms with Crippen LogP contribution in [0.2, 0.25) is 0 Å². The quantitative estimate of drug-likeness (QED) is 0.922. The molecule has 0 spiro atoms. The summed E-state index contributed by atoms with van der Waals surface area (Å²) in [7, 11) is 0. The number of rotatable bonds is 4. The maximum Gasteiger partial charge on any atom is 0.410 e. The Labute approximate surface area is 136 Å². The van der Waals surface area contributed by atoms with Crippen LogP contribution in [0.25, 0.3) is 0 Å². The minimum Gasteiger partial charge on any atom is -0.480 e. The molecule has 1 amide bonds. The summed E-state index contributed by atoms with van der Waals surface area (Å²) < 4.78 is 11.0. The number of hydrogen-bond donors (Lipinski definition) is 1. The lowest BCUT2D eigenvalue weighted by Crippen LogP contribution is -2.41. The average molecular weight is 321 g/mol. The van der Waals surface area contributed by atoms with Crippen LogP contribution in [0.15, 0.2) is 30.3 Å². The van der Waals surface area contributed by atoms with E-state index in [0.29, 0.717) is 0 Å². The smallest absolute Gasteiger partial charge is 0.410 e. The first-order chi connectivity index (χ1) is 10.8. The van der Waals surface area contributed by atoms with Gasteiger partial charge in [0.2, 0.25) is 0 Å². The molecule has 1 aromatic carbocycles. The van der Waals surface area contributed by atoms with Crippen molar-refractivity contribution < 1.29 is 24.2 Å². The van der Waals surface area contributed by atoms with Gasteiger partial charge in [-0.15, -0.1) is 0 Å². The zero-order chi connectivity index (χ0) is 17.0. The molecule has 2 atom stereocenters. The van der Waals surface area contributed by atoms with E-state index in [-0.39, 0.29) is 25.7 Å². The molecule has 0 radical (unpaired) electrons. The number of likely N-dealkylation sites (tertiary alicyclic amines) is 1. The number of hydrogen-bond acceptors (Lipinski definition) is 4. The van der Waals surface area contributed by atoms with E-state index in [1.54, 1.807) is 0 Å². The third-order valence-corrected chi connectivity index (χ3v) is 3.51. The predicted octanol–water partition coefficient (Wildman–Crippen LogP) is 2.67. The Balaban J connectivity index is 1.97. The summed E-state index contributed by atoms with van der Waals surface area (Å²) in [6, 6.07) is 8.36. The van der Waals surface area contributed by atoms with Gasteiger partial charge >= 0.3 is 12.1 Å². The van der Waals surface area contributed by atoms with E-state index in [2.05, 4.69) is 0 Å². The number of carbonyl (C=O) groups excluding carboxylic acids is 1. The largest absolute Gasteiger partial charge is 0.480 e. The van der Waals surface area contributed by atoms with Gasteiger partial charge in [-0.1, -0.05) is 30.3 Å². The Kier molecular flexibility index (Phi) is 5.26. The molecule has 1 heterocycles. The fourth-order valence-electron chi connectivity index (χ4n) is 2.62. The van der Waals surface area contributed by atoms with Gasteiger partial charge in [0, 0.05) is 6.42 Å². The summed E-state index contributed by atoms with van der Waals surface area (Å²) in [6.07, 6.45) is -0.658. The van der Waals surface area contributed by atoms with E-state index in [9.17, 15) is 14.7 Å². The molecular weight excluding hydrogens is 298 g/mol. The minimum atomic E-state index is -1.04. The van der Waals surface area contributed by atoms with Crippen molar-refractivity contribution in [3.8, 4) is 0 Å². The van der Waals surface area contributed by atoms with E-state index in [4.69, 9.17) is 9.47 Å². The van der Waals surface area contributed by atoms with Crippen LogP contribution >= 0.6 is 0 Å². The molecule has 1 aliphatic heterocycles. The van der Waals surface area contributed by atoms with Crippen LogP contribution in [0.1, 0.15) is 32.8 Å². The number of amides is 1. The molecular formula is C17H23NO5. The lowest BCUT2D eigenvalue weighted by molar-refractivity contribution is -0.142. The normalized spacial score (nSPS) is 21.3. The van der Waals surface area contributed by atoms with Crippen molar-refractivity contribution >= 4 is 12.1 Å². The highest BCUT2D eigenvalue weighted by atomic mass is 16.6. The van der Waals surface area contributed by atoms with Crippen molar-refractivity contribution in [1.82, 2.24) is 4.90 Å². The van der Waals surface area contributed by atoms with Crippen LogP contribution < -0.4 is 0 Å². The van der Waals surface area contributed by atoms with E-state index in [0.717, 1.165) is 5.56 Å². The van der Waals surface area contributed by atoms with Crippen LogP contribution in [0.5, 0.6) is 0 Å². The number of benzene rings is 1. The topological polar surface area (TPSA) is 76.1 Å². The highest BCUT2D eigenvalue weighted by molar-refractivity contribution is 5.80. The number of carboxylic acid groups (broad SMARTS) is 1. The van der Waals surface area contributed by atoms with Crippen molar-refractivity contribution in [2.75, 3.05) is 6.54 Å². The zero-order valence-corrected chi connectivity index (χ0v) is 13.7. The molecule has 126 valence electrons. The lowest BCUT2D eigenvalue weighted by Gasteiger charge is -2.24. The van der Waals surface area contributed by atoms with Crippen LogP contribution in [0.4, 0.5) is 4.79 Å². The third-order valence-electron chi connectivity index (χ3n) is 3.51. The second kappa shape index (κ2) is 7.00. The average Bonchev–Trinajstić information content (AvgIpc) is 2.88. The molecule has 1 N–H and O–H groups in total. The van der Waals surface area contributed by atoms with Gasteiger partial charge in [0.15, 0.2) is 0 Å². The number of carboxylic acids is 1. The molecule has 1 aliphatic rings. The molecule has 1 saturated heterocycles. The lowest BCUT2D eigenvalue weighted by atomic mass is 10.1. The Hall–Kier alpha value is -2.08. The van der Waals surface area contributed by atoms with Gasteiger partial charge in [-0.05, 0) is 26.3 Å². The highest BCUT2D eigenvalue weighted by Gasteiger charge is 2.42. The molecule has 0 aliphatic carbocycles. The summed E-state index contributed by atoms with van der Waals surface area (Å²) in [5.41, 5.74) is 0.465. The molecule has 0 aromatic heterocycles. The first-order valence-corrected chi connectivity index (χ1v) is 7.64. The van der Waals surface area contributed by atoms with Gasteiger partial charge in [0.1, 0.15) is 12.6 Å². The molecule has 2 rings (SSSR count). The summed E-state index contributed by atoms with van der Waals surface area (Å²) >= 11 is 0. The molecule has 2 unspecified atom stereocenters. The zero-order valence-electron chi connectivity index (χ0n) is 13.7. The van der Waals surface area contributed by atoms with E-state index in [1.807, 2.05) is 51.1 Å². The number of nitrogens with zero attached hydrogens (tertiary/aromatic N) is 1. The summed E-state index contributed by atoms with van der Waals surface area (Å²) in [6.45, 7) is 6.05. The van der Waals surface area contributed by atoms with Crippen molar-refractivity contribution in [3.63, 3.8) is 0 Å². The SMILES string of the molecule is CC(C)(C)OC1CC(C(=O)O)N(C(=O)OCc2ccccc2)C1. The van der Waals surface area contributed by atoms with Gasteiger partial charge in [0.05, 0.1) is 18.2 Å². The molecule has 0 bridgehead atoms. The minimum absolute atomic E-state index is 0.118. The predicted molar refractivity (Wildman–Crippen MR) is 84.0 cm³/mol. The second-order valence-corrected chi connectivity index (χ2v) is 6.63. The van der Waals surface area contributed by atoms with Gasteiger partial charge in [-0.3, -0.25) is 4.90 Å². The second-order valence-electron chi connectivity index (χ2n) is 6.63. The Morgan fingerprint density at radius 3 is 2.48 bits per heavy atom. The van der Waals surface area contributed by atoms with Gasteiger partial charge in [-0.25, -0.2) is 9.59 Å². The molecule has 0 saturated carbocycles. The molecule has 6 heteroatoms. The third kappa shape index (κ3) is 4.96. The fraction of sp³-hybridized carbons (Fsp3) is 0.529. The summed E-state index contributed by atoms with van der Waals surface area (Å²) in [5, 5.41) is 9.33. The van der Waals surface area contributed by atoms with E-state index < -0.39 is 23.7 Å². The van der Waals surface area contributed by atoms with Crippen LogP contribution in [0, 0.1) is 0 Å². The maximum atomic E-state index is 12.2. The van der Waals surface area contributed by atoms with E-state index in [1.165, 1.54) is 4.90 Å². The Bertz CT molecular complexity index is 552. The summed E-state index contributed by atoms with van der Waals surface area (Å²) in [4.78, 5) is 24.9. The number of carbonyl (C=O) groups is 2. The number of aliphatic carboxylic acids is 1. The van der Waals surface area contributed by atoms with Crippen molar-refractivity contribution in [2.45, 2.75) is 51.5 Å². The van der Waals surface area contributed by atoms with Gasteiger partial charge < -0.3 is 14.6 Å².